The molecule has 1 aromatic heterocycles. The highest BCUT2D eigenvalue weighted by Crippen LogP contribution is 2.33. The lowest BCUT2D eigenvalue weighted by atomic mass is 10.1. The molecule has 3 aromatic rings. The lowest BCUT2D eigenvalue weighted by molar-refractivity contribution is 0.477. The molecule has 3 heteroatoms. The Morgan fingerprint density at radius 1 is 1.00 bits per heavy atom. The maximum absolute atomic E-state index is 9.84. The molecule has 1 N–H and O–H groups in total. The molecule has 0 saturated heterocycles. The molecule has 2 nitrogen and oxygen atoms in total. The Balaban J connectivity index is 2.00. The number of aryl methyl sites for hydroxylation is 1. The second kappa shape index (κ2) is 4.86. The third kappa shape index (κ3) is 2.37. The summed E-state index contributed by atoms with van der Waals surface area (Å²) in [6, 6.07) is 15.6. The highest BCUT2D eigenvalue weighted by molar-refractivity contribution is 7.13. The van der Waals surface area contributed by atoms with Crippen molar-refractivity contribution < 1.29 is 5.11 Å². The van der Waals surface area contributed by atoms with Crippen LogP contribution in [-0.2, 0) is 0 Å². The molecule has 0 spiro atoms. The van der Waals surface area contributed by atoms with Gasteiger partial charge in [0.2, 0.25) is 0 Å². The standard InChI is InChI=1S/C16H13NOS/c1-11-6-8-12(9-7-11)16-17-14(10-19-16)13-4-2-3-5-15(13)18/h2-10,18H,1H3. The van der Waals surface area contributed by atoms with E-state index in [1.807, 2.05) is 23.6 Å². The number of rotatable bonds is 2. The van der Waals surface area contributed by atoms with Crippen LogP contribution in [0, 0.1) is 6.92 Å². The van der Waals surface area contributed by atoms with E-state index in [2.05, 4.69) is 36.2 Å². The van der Waals surface area contributed by atoms with E-state index in [4.69, 9.17) is 0 Å². The van der Waals surface area contributed by atoms with E-state index in [9.17, 15) is 5.11 Å². The molecule has 0 amide bonds. The second-order valence-corrected chi connectivity index (χ2v) is 5.28. The number of para-hydroxylation sites is 1. The minimum atomic E-state index is 0.267. The third-order valence-electron chi connectivity index (χ3n) is 2.98. The van der Waals surface area contributed by atoms with E-state index in [0.717, 1.165) is 21.8 Å². The molecule has 0 unspecified atom stereocenters. The van der Waals surface area contributed by atoms with Crippen LogP contribution in [0.5, 0.6) is 5.75 Å². The lowest BCUT2D eigenvalue weighted by Gasteiger charge is -2.00. The molecule has 3 rings (SSSR count). The first-order valence-electron chi connectivity index (χ1n) is 6.05. The molecule has 0 atom stereocenters. The van der Waals surface area contributed by atoms with Crippen molar-refractivity contribution in [1.29, 1.82) is 0 Å². The van der Waals surface area contributed by atoms with Crippen molar-refractivity contribution in [3.05, 3.63) is 59.5 Å². The molecule has 19 heavy (non-hydrogen) atoms. The molecule has 0 aliphatic heterocycles. The van der Waals surface area contributed by atoms with Crippen LogP contribution in [-0.4, -0.2) is 10.1 Å². The van der Waals surface area contributed by atoms with E-state index in [1.165, 1.54) is 5.56 Å². The number of hydrogen-bond donors (Lipinski definition) is 1. The number of nitrogens with zero attached hydrogens (tertiary/aromatic N) is 1. The average Bonchev–Trinajstić information content (AvgIpc) is 2.89. The van der Waals surface area contributed by atoms with Crippen LogP contribution in [0.15, 0.2) is 53.9 Å². The number of aromatic nitrogens is 1. The zero-order valence-electron chi connectivity index (χ0n) is 10.5. The number of thiazole rings is 1. The van der Waals surface area contributed by atoms with Gasteiger partial charge in [-0.25, -0.2) is 4.98 Å². The molecule has 0 bridgehead atoms. The Bertz CT molecular complexity index is 701. The Morgan fingerprint density at radius 2 is 1.74 bits per heavy atom. The molecule has 0 aliphatic carbocycles. The van der Waals surface area contributed by atoms with Crippen molar-refractivity contribution in [3.63, 3.8) is 0 Å². The Labute approximate surface area is 116 Å². The summed E-state index contributed by atoms with van der Waals surface area (Å²) in [5, 5.41) is 12.8. The predicted molar refractivity (Wildman–Crippen MR) is 79.4 cm³/mol. The lowest BCUT2D eigenvalue weighted by Crippen LogP contribution is -1.80. The van der Waals surface area contributed by atoms with E-state index >= 15 is 0 Å². The maximum atomic E-state index is 9.84. The number of benzene rings is 2. The zero-order valence-corrected chi connectivity index (χ0v) is 11.3. The first-order valence-corrected chi connectivity index (χ1v) is 6.93. The second-order valence-electron chi connectivity index (χ2n) is 4.42. The van der Waals surface area contributed by atoms with Crippen molar-refractivity contribution in [3.8, 4) is 27.6 Å². The fourth-order valence-electron chi connectivity index (χ4n) is 1.92. The highest BCUT2D eigenvalue weighted by atomic mass is 32.1. The smallest absolute Gasteiger partial charge is 0.125 e. The van der Waals surface area contributed by atoms with Gasteiger partial charge >= 0.3 is 0 Å². The number of aromatic hydroxyl groups is 1. The Kier molecular flexibility index (Phi) is 3.05. The van der Waals surface area contributed by atoms with E-state index < -0.39 is 0 Å². The largest absolute Gasteiger partial charge is 0.507 e. The van der Waals surface area contributed by atoms with Crippen LogP contribution in [0.4, 0.5) is 0 Å². The maximum Gasteiger partial charge on any atom is 0.125 e. The molecular formula is C16H13NOS. The summed E-state index contributed by atoms with van der Waals surface area (Å²) in [7, 11) is 0. The minimum Gasteiger partial charge on any atom is -0.507 e. The fourth-order valence-corrected chi connectivity index (χ4v) is 2.74. The Hall–Kier alpha value is -2.13. The van der Waals surface area contributed by atoms with E-state index in [0.29, 0.717) is 0 Å². The van der Waals surface area contributed by atoms with Crippen molar-refractivity contribution in [1.82, 2.24) is 4.98 Å². The summed E-state index contributed by atoms with van der Waals surface area (Å²) < 4.78 is 0. The SMILES string of the molecule is Cc1ccc(-c2nc(-c3ccccc3O)cs2)cc1. The van der Waals surface area contributed by atoms with Crippen LogP contribution in [0.2, 0.25) is 0 Å². The monoisotopic (exact) mass is 267 g/mol. The van der Waals surface area contributed by atoms with E-state index in [1.54, 1.807) is 17.4 Å². The van der Waals surface area contributed by atoms with Gasteiger partial charge in [0.15, 0.2) is 0 Å². The Morgan fingerprint density at radius 3 is 2.47 bits per heavy atom. The van der Waals surface area contributed by atoms with Crippen molar-refractivity contribution in [2.75, 3.05) is 0 Å². The highest BCUT2D eigenvalue weighted by Gasteiger charge is 2.09. The zero-order chi connectivity index (χ0) is 13.2. The average molecular weight is 267 g/mol. The summed E-state index contributed by atoms with van der Waals surface area (Å²) >= 11 is 1.59. The molecule has 0 aliphatic rings. The van der Waals surface area contributed by atoms with Crippen LogP contribution < -0.4 is 0 Å². The number of phenols is 1. The molecule has 2 aromatic carbocycles. The topological polar surface area (TPSA) is 33.1 Å². The number of hydrogen-bond acceptors (Lipinski definition) is 3. The van der Waals surface area contributed by atoms with Crippen molar-refractivity contribution >= 4 is 11.3 Å². The predicted octanol–water partition coefficient (Wildman–Crippen LogP) is 4.49. The summed E-state index contributed by atoms with van der Waals surface area (Å²) in [4.78, 5) is 4.60. The van der Waals surface area contributed by atoms with Crippen LogP contribution in [0.1, 0.15) is 5.56 Å². The normalized spacial score (nSPS) is 10.6. The summed E-state index contributed by atoms with van der Waals surface area (Å²) in [6.45, 7) is 2.07. The summed E-state index contributed by atoms with van der Waals surface area (Å²) in [5.41, 5.74) is 3.94. The molecule has 0 saturated carbocycles. The van der Waals surface area contributed by atoms with Gasteiger partial charge in [0.05, 0.1) is 5.69 Å². The fraction of sp³-hybridized carbons (Fsp3) is 0.0625. The van der Waals surface area contributed by atoms with E-state index in [-0.39, 0.29) is 5.75 Å². The van der Waals surface area contributed by atoms with Gasteiger partial charge in [-0.15, -0.1) is 11.3 Å². The van der Waals surface area contributed by atoms with Gasteiger partial charge in [-0.05, 0) is 19.1 Å². The molecule has 0 radical (unpaired) electrons. The van der Waals surface area contributed by atoms with Gasteiger partial charge in [-0.3, -0.25) is 0 Å². The quantitative estimate of drug-likeness (QED) is 0.742. The van der Waals surface area contributed by atoms with Gasteiger partial charge in [-0.1, -0.05) is 42.0 Å². The van der Waals surface area contributed by atoms with Crippen molar-refractivity contribution in [2.24, 2.45) is 0 Å². The molecule has 0 fully saturated rings. The van der Waals surface area contributed by atoms with Gasteiger partial charge in [0, 0.05) is 16.5 Å². The van der Waals surface area contributed by atoms with Gasteiger partial charge in [0.1, 0.15) is 10.8 Å². The van der Waals surface area contributed by atoms with Crippen molar-refractivity contribution in [2.45, 2.75) is 6.92 Å². The minimum absolute atomic E-state index is 0.267. The van der Waals surface area contributed by atoms with Gasteiger partial charge < -0.3 is 5.11 Å². The first kappa shape index (κ1) is 11.9. The molecular weight excluding hydrogens is 254 g/mol. The first-order chi connectivity index (χ1) is 9.24. The molecule has 1 heterocycles. The van der Waals surface area contributed by atoms with Gasteiger partial charge in [-0.2, -0.15) is 0 Å². The third-order valence-corrected chi connectivity index (χ3v) is 3.87. The summed E-state index contributed by atoms with van der Waals surface area (Å²) in [6.07, 6.45) is 0. The number of phenolic OH excluding ortho intramolecular Hbond substituents is 1. The van der Waals surface area contributed by atoms with Crippen LogP contribution in [0.3, 0.4) is 0 Å². The van der Waals surface area contributed by atoms with Crippen LogP contribution >= 0.6 is 11.3 Å². The molecule has 94 valence electrons. The van der Waals surface area contributed by atoms with Crippen LogP contribution in [0.25, 0.3) is 21.8 Å². The van der Waals surface area contributed by atoms with Gasteiger partial charge in [0.25, 0.3) is 0 Å². The summed E-state index contributed by atoms with van der Waals surface area (Å²) in [5.74, 6) is 0.267.